The van der Waals surface area contributed by atoms with E-state index in [1.807, 2.05) is 45.1 Å². The Kier molecular flexibility index (Phi) is 9.66. The van der Waals surface area contributed by atoms with Crippen molar-refractivity contribution in [2.75, 3.05) is 6.54 Å². The highest BCUT2D eigenvalue weighted by molar-refractivity contribution is 6.02. The third kappa shape index (κ3) is 6.18. The van der Waals surface area contributed by atoms with Gasteiger partial charge in [0.1, 0.15) is 5.84 Å². The van der Waals surface area contributed by atoms with E-state index in [2.05, 4.69) is 17.2 Å². The first kappa shape index (κ1) is 17.9. The molecule has 0 radical (unpaired) electrons. The van der Waals surface area contributed by atoms with Crippen molar-refractivity contribution in [3.05, 3.63) is 47.2 Å². The molecule has 0 aliphatic rings. The Hall–Kier alpha value is -2.10. The van der Waals surface area contributed by atoms with Gasteiger partial charge < -0.3 is 11.1 Å². The van der Waals surface area contributed by atoms with Gasteiger partial charge in [-0.25, -0.2) is 4.99 Å². The van der Waals surface area contributed by atoms with Crippen molar-refractivity contribution in [1.29, 1.82) is 0 Å². The average molecular weight is 275 g/mol. The van der Waals surface area contributed by atoms with E-state index in [1.54, 1.807) is 6.20 Å². The second-order valence-electron chi connectivity index (χ2n) is 4.18. The zero-order valence-corrected chi connectivity index (χ0v) is 12.8. The molecule has 0 saturated carbocycles. The number of nitrogens with zero attached hydrogens (tertiary/aromatic N) is 1. The standard InChI is InChI=1S/C16H25N3O/c1-5-10-19-16(17)15(13(4)6-2)14(7-3)9-8-11-18-12-20/h5,7-10,12H,6,11H2,1-4H3,(H2,17,19)(H,18,20)/b9-8+,10-5-,14-7-,15-13+. The number of hydrogen-bond donors (Lipinski definition) is 2. The van der Waals surface area contributed by atoms with Crippen LogP contribution in [0.1, 0.15) is 34.1 Å². The molecule has 3 N–H and O–H groups in total. The van der Waals surface area contributed by atoms with Crippen LogP contribution in [0.3, 0.4) is 0 Å². The lowest BCUT2D eigenvalue weighted by atomic mass is 9.97. The van der Waals surface area contributed by atoms with Crippen LogP contribution >= 0.6 is 0 Å². The van der Waals surface area contributed by atoms with Gasteiger partial charge in [0.15, 0.2) is 0 Å². The molecule has 0 aromatic heterocycles. The molecule has 0 saturated heterocycles. The first-order valence-corrected chi connectivity index (χ1v) is 6.77. The maximum atomic E-state index is 10.2. The van der Waals surface area contributed by atoms with Crippen molar-refractivity contribution in [1.82, 2.24) is 5.32 Å². The number of carbonyl (C=O) groups is 1. The van der Waals surface area contributed by atoms with Crippen LogP contribution in [0.5, 0.6) is 0 Å². The van der Waals surface area contributed by atoms with Gasteiger partial charge in [0, 0.05) is 18.3 Å². The van der Waals surface area contributed by atoms with Gasteiger partial charge in [0.2, 0.25) is 6.41 Å². The van der Waals surface area contributed by atoms with Gasteiger partial charge in [-0.3, -0.25) is 4.79 Å². The van der Waals surface area contributed by atoms with Crippen molar-refractivity contribution < 1.29 is 4.79 Å². The zero-order chi connectivity index (χ0) is 15.4. The van der Waals surface area contributed by atoms with Crippen LogP contribution in [0, 0.1) is 0 Å². The van der Waals surface area contributed by atoms with Crippen LogP contribution in [0.15, 0.2) is 52.2 Å². The Bertz CT molecular complexity index is 454. The quantitative estimate of drug-likeness (QED) is 0.235. The van der Waals surface area contributed by atoms with Gasteiger partial charge >= 0.3 is 0 Å². The Labute approximate surface area is 121 Å². The number of aliphatic imine (C=N–C) groups is 1. The van der Waals surface area contributed by atoms with Crippen molar-refractivity contribution in [2.24, 2.45) is 10.7 Å². The summed E-state index contributed by atoms with van der Waals surface area (Å²) in [6, 6.07) is 0. The van der Waals surface area contributed by atoms with Crippen LogP contribution in [-0.4, -0.2) is 18.8 Å². The summed E-state index contributed by atoms with van der Waals surface area (Å²) in [4.78, 5) is 14.5. The lowest BCUT2D eigenvalue weighted by molar-refractivity contribution is -0.109. The predicted octanol–water partition coefficient (Wildman–Crippen LogP) is 2.85. The number of carbonyl (C=O) groups excluding carboxylic acids is 1. The number of rotatable bonds is 8. The number of nitrogens with one attached hydrogen (secondary N) is 1. The molecule has 1 amide bonds. The van der Waals surface area contributed by atoms with Crippen LogP contribution in [0.4, 0.5) is 0 Å². The molecule has 110 valence electrons. The minimum Gasteiger partial charge on any atom is -0.383 e. The SMILES string of the molecule is C\C=C/N=C(N)/C(C(=C\C)/C=C/CNC=O)=C(\C)CC. The molecule has 0 aliphatic carbocycles. The van der Waals surface area contributed by atoms with Crippen LogP contribution in [-0.2, 0) is 4.79 Å². The molecule has 0 aromatic carbocycles. The van der Waals surface area contributed by atoms with Crippen molar-refractivity contribution in [3.63, 3.8) is 0 Å². The number of amides is 1. The van der Waals surface area contributed by atoms with E-state index in [-0.39, 0.29) is 0 Å². The molecule has 0 rings (SSSR count). The summed E-state index contributed by atoms with van der Waals surface area (Å²) in [5.74, 6) is 0.503. The number of allylic oxidation sites excluding steroid dienone is 4. The Morgan fingerprint density at radius 2 is 2.05 bits per heavy atom. The number of amidine groups is 1. The third-order valence-electron chi connectivity index (χ3n) is 2.79. The molecule has 0 aromatic rings. The Morgan fingerprint density at radius 1 is 1.35 bits per heavy atom. The third-order valence-corrected chi connectivity index (χ3v) is 2.79. The highest BCUT2D eigenvalue weighted by atomic mass is 16.1. The summed E-state index contributed by atoms with van der Waals surface area (Å²) >= 11 is 0. The van der Waals surface area contributed by atoms with E-state index in [0.29, 0.717) is 18.8 Å². The normalized spacial score (nSPS) is 14.8. The number of nitrogens with two attached hydrogens (primary N) is 1. The zero-order valence-electron chi connectivity index (χ0n) is 12.8. The van der Waals surface area contributed by atoms with Gasteiger partial charge in [0.25, 0.3) is 0 Å². The molecule has 0 aliphatic heterocycles. The molecule has 0 heterocycles. The molecule has 0 bridgehead atoms. The van der Waals surface area contributed by atoms with Crippen LogP contribution < -0.4 is 11.1 Å². The van der Waals surface area contributed by atoms with Gasteiger partial charge in [-0.15, -0.1) is 0 Å². The van der Waals surface area contributed by atoms with E-state index in [9.17, 15) is 4.79 Å². The number of hydrogen-bond acceptors (Lipinski definition) is 2. The maximum Gasteiger partial charge on any atom is 0.207 e. The molecule has 0 spiro atoms. The lowest BCUT2D eigenvalue weighted by Gasteiger charge is -2.12. The van der Waals surface area contributed by atoms with Crippen LogP contribution in [0.25, 0.3) is 0 Å². The second-order valence-corrected chi connectivity index (χ2v) is 4.18. The van der Waals surface area contributed by atoms with E-state index < -0.39 is 0 Å². The maximum absolute atomic E-state index is 10.2. The minimum atomic E-state index is 0.491. The summed E-state index contributed by atoms with van der Waals surface area (Å²) in [7, 11) is 0. The van der Waals surface area contributed by atoms with E-state index in [1.165, 1.54) is 5.57 Å². The minimum absolute atomic E-state index is 0.491. The highest BCUT2D eigenvalue weighted by Crippen LogP contribution is 2.19. The summed E-state index contributed by atoms with van der Waals surface area (Å²) in [6.45, 7) is 8.48. The van der Waals surface area contributed by atoms with Gasteiger partial charge in [0.05, 0.1) is 0 Å². The Balaban J connectivity index is 5.42. The largest absolute Gasteiger partial charge is 0.383 e. The van der Waals surface area contributed by atoms with E-state index in [4.69, 9.17) is 5.73 Å². The summed E-state index contributed by atoms with van der Waals surface area (Å²) in [6.07, 6.45) is 10.9. The van der Waals surface area contributed by atoms with Gasteiger partial charge in [-0.2, -0.15) is 0 Å². The fourth-order valence-electron chi connectivity index (χ4n) is 1.64. The first-order valence-electron chi connectivity index (χ1n) is 6.77. The Morgan fingerprint density at radius 3 is 2.55 bits per heavy atom. The molecule has 4 nitrogen and oxygen atoms in total. The molecule has 0 atom stereocenters. The fraction of sp³-hybridized carbons (Fsp3) is 0.375. The van der Waals surface area contributed by atoms with Crippen LogP contribution in [0.2, 0.25) is 0 Å². The summed E-state index contributed by atoms with van der Waals surface area (Å²) in [5.41, 5.74) is 9.22. The summed E-state index contributed by atoms with van der Waals surface area (Å²) < 4.78 is 0. The van der Waals surface area contributed by atoms with Gasteiger partial charge in [-0.05, 0) is 32.8 Å². The second kappa shape index (κ2) is 10.8. The monoisotopic (exact) mass is 275 g/mol. The molecule has 4 heteroatoms. The molecular weight excluding hydrogens is 250 g/mol. The molecule has 0 unspecified atom stereocenters. The smallest absolute Gasteiger partial charge is 0.207 e. The molecule has 0 fully saturated rings. The van der Waals surface area contributed by atoms with Crippen molar-refractivity contribution in [2.45, 2.75) is 34.1 Å². The highest BCUT2D eigenvalue weighted by Gasteiger charge is 2.09. The molecular formula is C16H25N3O. The summed E-state index contributed by atoms with van der Waals surface area (Å²) in [5, 5.41) is 2.59. The predicted molar refractivity (Wildman–Crippen MR) is 86.4 cm³/mol. The molecule has 20 heavy (non-hydrogen) atoms. The van der Waals surface area contributed by atoms with Crippen molar-refractivity contribution >= 4 is 12.2 Å². The first-order chi connectivity index (χ1) is 9.62. The van der Waals surface area contributed by atoms with Crippen molar-refractivity contribution in [3.8, 4) is 0 Å². The van der Waals surface area contributed by atoms with E-state index >= 15 is 0 Å². The fourth-order valence-corrected chi connectivity index (χ4v) is 1.64. The van der Waals surface area contributed by atoms with Gasteiger partial charge in [-0.1, -0.05) is 36.8 Å². The topological polar surface area (TPSA) is 67.5 Å². The van der Waals surface area contributed by atoms with E-state index in [0.717, 1.165) is 17.6 Å². The lowest BCUT2D eigenvalue weighted by Crippen LogP contribution is -2.17. The average Bonchev–Trinajstić information content (AvgIpc) is 2.47.